The maximum Gasteiger partial charge on any atom is 0.0659 e. The van der Waals surface area contributed by atoms with Gasteiger partial charge in [0, 0.05) is 6.20 Å². The fourth-order valence-electron chi connectivity index (χ4n) is 1.86. The van der Waals surface area contributed by atoms with E-state index < -0.39 is 0 Å². The van der Waals surface area contributed by atoms with Gasteiger partial charge >= 0.3 is 0 Å². The lowest BCUT2D eigenvalue weighted by molar-refractivity contribution is 0.684. The van der Waals surface area contributed by atoms with E-state index in [4.69, 9.17) is 0 Å². The van der Waals surface area contributed by atoms with Crippen molar-refractivity contribution in [3.8, 4) is 0 Å². The second-order valence-electron chi connectivity index (χ2n) is 4.24. The van der Waals surface area contributed by atoms with Crippen LogP contribution in [0.5, 0.6) is 0 Å². The number of aromatic nitrogens is 2. The average molecular weight is 229 g/mol. The molecule has 17 heavy (non-hydrogen) atoms. The van der Waals surface area contributed by atoms with E-state index in [9.17, 15) is 0 Å². The van der Waals surface area contributed by atoms with Crippen molar-refractivity contribution in [2.24, 2.45) is 0 Å². The van der Waals surface area contributed by atoms with Crippen LogP contribution in [0, 0.1) is 0 Å². The predicted octanol–water partition coefficient (Wildman–Crippen LogP) is 2.08. The van der Waals surface area contributed by atoms with Gasteiger partial charge in [-0.05, 0) is 37.6 Å². The summed E-state index contributed by atoms with van der Waals surface area (Å²) in [5.41, 5.74) is 2.61. The SMILES string of the molecule is CNCCCc1cnn(Cc2ccccc2)c1. The molecule has 0 saturated heterocycles. The van der Waals surface area contributed by atoms with Gasteiger partial charge in [-0.15, -0.1) is 0 Å². The summed E-state index contributed by atoms with van der Waals surface area (Å²) in [7, 11) is 1.98. The van der Waals surface area contributed by atoms with Crippen LogP contribution >= 0.6 is 0 Å². The van der Waals surface area contributed by atoms with Gasteiger partial charge in [0.2, 0.25) is 0 Å². The summed E-state index contributed by atoms with van der Waals surface area (Å²) in [5.74, 6) is 0. The van der Waals surface area contributed by atoms with Gasteiger partial charge in [-0.2, -0.15) is 5.10 Å². The minimum atomic E-state index is 0.854. The van der Waals surface area contributed by atoms with Crippen LogP contribution in [0.1, 0.15) is 17.5 Å². The Morgan fingerprint density at radius 2 is 2.00 bits per heavy atom. The van der Waals surface area contributed by atoms with Crippen molar-refractivity contribution in [1.82, 2.24) is 15.1 Å². The van der Waals surface area contributed by atoms with Gasteiger partial charge in [0.1, 0.15) is 0 Å². The first-order valence-electron chi connectivity index (χ1n) is 6.08. The summed E-state index contributed by atoms with van der Waals surface area (Å²) in [4.78, 5) is 0. The van der Waals surface area contributed by atoms with E-state index in [-0.39, 0.29) is 0 Å². The monoisotopic (exact) mass is 229 g/mol. The van der Waals surface area contributed by atoms with Gasteiger partial charge in [-0.1, -0.05) is 30.3 Å². The topological polar surface area (TPSA) is 29.9 Å². The van der Waals surface area contributed by atoms with Crippen LogP contribution in [-0.2, 0) is 13.0 Å². The Bertz CT molecular complexity index is 434. The van der Waals surface area contributed by atoms with E-state index >= 15 is 0 Å². The molecule has 0 saturated carbocycles. The highest BCUT2D eigenvalue weighted by molar-refractivity contribution is 5.15. The molecule has 0 amide bonds. The van der Waals surface area contributed by atoms with Crippen molar-refractivity contribution < 1.29 is 0 Å². The number of aryl methyl sites for hydroxylation is 1. The van der Waals surface area contributed by atoms with Crippen LogP contribution in [0.15, 0.2) is 42.7 Å². The molecule has 90 valence electrons. The molecule has 2 aromatic rings. The molecule has 0 atom stereocenters. The van der Waals surface area contributed by atoms with Crippen molar-refractivity contribution in [3.05, 3.63) is 53.9 Å². The number of benzene rings is 1. The maximum absolute atomic E-state index is 4.39. The Balaban J connectivity index is 1.90. The number of hydrogen-bond donors (Lipinski definition) is 1. The third kappa shape index (κ3) is 3.71. The second kappa shape index (κ2) is 6.21. The predicted molar refractivity (Wildman–Crippen MR) is 70.0 cm³/mol. The first kappa shape index (κ1) is 11.9. The largest absolute Gasteiger partial charge is 0.320 e. The van der Waals surface area contributed by atoms with Gasteiger partial charge in [0.25, 0.3) is 0 Å². The lowest BCUT2D eigenvalue weighted by atomic mass is 10.2. The molecule has 3 heteroatoms. The fourth-order valence-corrected chi connectivity index (χ4v) is 1.86. The van der Waals surface area contributed by atoms with Gasteiger partial charge in [0.05, 0.1) is 12.7 Å². The quantitative estimate of drug-likeness (QED) is 0.769. The van der Waals surface area contributed by atoms with Crippen molar-refractivity contribution in [3.63, 3.8) is 0 Å². The molecule has 0 unspecified atom stereocenters. The van der Waals surface area contributed by atoms with Crippen LogP contribution in [0.2, 0.25) is 0 Å². The zero-order valence-corrected chi connectivity index (χ0v) is 10.3. The van der Waals surface area contributed by atoms with E-state index in [0.717, 1.165) is 25.9 Å². The van der Waals surface area contributed by atoms with Gasteiger partial charge in [0.15, 0.2) is 0 Å². The summed E-state index contributed by atoms with van der Waals surface area (Å²) in [6.45, 7) is 1.91. The molecule has 1 N–H and O–H groups in total. The van der Waals surface area contributed by atoms with E-state index in [2.05, 4.69) is 40.9 Å². The van der Waals surface area contributed by atoms with E-state index in [1.165, 1.54) is 11.1 Å². The molecule has 2 rings (SSSR count). The lowest BCUT2D eigenvalue weighted by Crippen LogP contribution is -2.08. The Kier molecular flexibility index (Phi) is 4.33. The van der Waals surface area contributed by atoms with E-state index in [1.807, 2.05) is 24.0 Å². The number of nitrogens with zero attached hydrogens (tertiary/aromatic N) is 2. The highest BCUT2D eigenvalue weighted by atomic mass is 15.3. The normalized spacial score (nSPS) is 10.6. The molecule has 0 aliphatic carbocycles. The molecule has 3 nitrogen and oxygen atoms in total. The fraction of sp³-hybridized carbons (Fsp3) is 0.357. The smallest absolute Gasteiger partial charge is 0.0659 e. The molecule has 0 bridgehead atoms. The van der Waals surface area contributed by atoms with E-state index in [1.54, 1.807) is 0 Å². The molecule has 0 fully saturated rings. The molecule has 1 aromatic heterocycles. The number of hydrogen-bond acceptors (Lipinski definition) is 2. The van der Waals surface area contributed by atoms with Crippen molar-refractivity contribution in [1.29, 1.82) is 0 Å². The molecule has 0 radical (unpaired) electrons. The average Bonchev–Trinajstić information content (AvgIpc) is 2.79. The summed E-state index contributed by atoms with van der Waals surface area (Å²) in [6.07, 6.45) is 6.37. The Labute approximate surface area is 102 Å². The summed E-state index contributed by atoms with van der Waals surface area (Å²) in [5, 5.41) is 7.54. The maximum atomic E-state index is 4.39. The van der Waals surface area contributed by atoms with Crippen LogP contribution in [0.3, 0.4) is 0 Å². The van der Waals surface area contributed by atoms with Gasteiger partial charge < -0.3 is 5.32 Å². The molecular formula is C14H19N3. The van der Waals surface area contributed by atoms with Crippen molar-refractivity contribution >= 4 is 0 Å². The van der Waals surface area contributed by atoms with Crippen LogP contribution in [-0.4, -0.2) is 23.4 Å². The summed E-state index contributed by atoms with van der Waals surface area (Å²) < 4.78 is 2.00. The van der Waals surface area contributed by atoms with Crippen molar-refractivity contribution in [2.45, 2.75) is 19.4 Å². The minimum absolute atomic E-state index is 0.854. The molecule has 0 aliphatic heterocycles. The standard InChI is InChI=1S/C14H19N3/c1-15-9-5-8-14-10-16-17(12-14)11-13-6-3-2-4-7-13/h2-4,6-7,10,12,15H,5,8-9,11H2,1H3. The molecule has 1 aromatic carbocycles. The second-order valence-corrected chi connectivity index (χ2v) is 4.24. The molecule has 1 heterocycles. The lowest BCUT2D eigenvalue weighted by Gasteiger charge is -2.01. The third-order valence-electron chi connectivity index (χ3n) is 2.77. The molecule has 0 spiro atoms. The number of nitrogens with one attached hydrogen (secondary N) is 1. The molecule has 0 aliphatic rings. The summed E-state index contributed by atoms with van der Waals surface area (Å²) >= 11 is 0. The van der Waals surface area contributed by atoms with Gasteiger partial charge in [-0.25, -0.2) is 0 Å². The van der Waals surface area contributed by atoms with Crippen LogP contribution in [0.25, 0.3) is 0 Å². The third-order valence-corrected chi connectivity index (χ3v) is 2.77. The first-order valence-corrected chi connectivity index (χ1v) is 6.08. The van der Waals surface area contributed by atoms with Gasteiger partial charge in [-0.3, -0.25) is 4.68 Å². The minimum Gasteiger partial charge on any atom is -0.320 e. The Morgan fingerprint density at radius 3 is 2.76 bits per heavy atom. The highest BCUT2D eigenvalue weighted by Crippen LogP contribution is 2.05. The zero-order valence-electron chi connectivity index (χ0n) is 10.3. The molecular weight excluding hydrogens is 210 g/mol. The number of rotatable bonds is 6. The van der Waals surface area contributed by atoms with E-state index in [0.29, 0.717) is 0 Å². The first-order chi connectivity index (χ1) is 8.38. The highest BCUT2D eigenvalue weighted by Gasteiger charge is 1.99. The van der Waals surface area contributed by atoms with Crippen LogP contribution in [0.4, 0.5) is 0 Å². The summed E-state index contributed by atoms with van der Waals surface area (Å²) in [6, 6.07) is 10.4. The zero-order chi connectivity index (χ0) is 11.9. The Hall–Kier alpha value is -1.61. The van der Waals surface area contributed by atoms with Crippen molar-refractivity contribution in [2.75, 3.05) is 13.6 Å². The Morgan fingerprint density at radius 1 is 1.18 bits per heavy atom. The van der Waals surface area contributed by atoms with Crippen LogP contribution < -0.4 is 5.32 Å².